The quantitative estimate of drug-likeness (QED) is 0.254. The molecule has 5 N–H and O–H groups in total. The smallest absolute Gasteiger partial charge is 0.200 e. The Labute approximate surface area is 114 Å². The molecule has 0 atom stereocenters. The molecule has 6 heteroatoms. The molecule has 0 aliphatic carbocycles. The van der Waals surface area contributed by atoms with Crippen molar-refractivity contribution in [3.63, 3.8) is 0 Å². The summed E-state index contributed by atoms with van der Waals surface area (Å²) in [6.45, 7) is 0. The van der Waals surface area contributed by atoms with Crippen LogP contribution in [0.1, 0.15) is 11.1 Å². The standard InChI is InChI=1S/C14H13NO5/c16-9-3-1-8(2-4-9)7-11(15-20)10-5-6-12(17)14(19)13(10)18/h1-6,16-20H,7H2/b15-11-. The van der Waals surface area contributed by atoms with Crippen LogP contribution in [0.4, 0.5) is 0 Å². The molecule has 0 spiro atoms. The van der Waals surface area contributed by atoms with Gasteiger partial charge in [-0.1, -0.05) is 17.3 Å². The van der Waals surface area contributed by atoms with Crippen molar-refractivity contribution in [3.05, 3.63) is 47.5 Å². The second kappa shape index (κ2) is 5.40. The number of phenolic OH excluding ortho intramolecular Hbond substituents is 4. The lowest BCUT2D eigenvalue weighted by molar-refractivity contribution is 0.317. The average molecular weight is 275 g/mol. The van der Waals surface area contributed by atoms with Crippen molar-refractivity contribution in [2.75, 3.05) is 0 Å². The molecular weight excluding hydrogens is 262 g/mol. The van der Waals surface area contributed by atoms with Crippen LogP contribution in [-0.4, -0.2) is 31.3 Å². The first-order chi connectivity index (χ1) is 9.52. The molecule has 2 aromatic rings. The summed E-state index contributed by atoms with van der Waals surface area (Å²) in [6, 6.07) is 8.76. The van der Waals surface area contributed by atoms with E-state index in [1.54, 1.807) is 12.1 Å². The predicted molar refractivity (Wildman–Crippen MR) is 71.6 cm³/mol. The van der Waals surface area contributed by atoms with Gasteiger partial charge in [-0.2, -0.15) is 0 Å². The Hall–Kier alpha value is -2.89. The highest BCUT2D eigenvalue weighted by molar-refractivity contribution is 6.04. The molecule has 0 saturated heterocycles. The van der Waals surface area contributed by atoms with Crippen molar-refractivity contribution >= 4 is 5.71 Å². The Morgan fingerprint density at radius 3 is 2.10 bits per heavy atom. The van der Waals surface area contributed by atoms with Crippen LogP contribution in [-0.2, 0) is 6.42 Å². The molecule has 0 aliphatic rings. The van der Waals surface area contributed by atoms with Crippen LogP contribution in [0.3, 0.4) is 0 Å². The highest BCUT2D eigenvalue weighted by atomic mass is 16.4. The van der Waals surface area contributed by atoms with E-state index in [1.165, 1.54) is 24.3 Å². The number of rotatable bonds is 3. The van der Waals surface area contributed by atoms with Crippen molar-refractivity contribution in [3.8, 4) is 23.0 Å². The van der Waals surface area contributed by atoms with Gasteiger partial charge in [0.15, 0.2) is 11.5 Å². The molecule has 0 fully saturated rings. The number of nitrogens with zero attached hydrogens (tertiary/aromatic N) is 1. The van der Waals surface area contributed by atoms with Crippen LogP contribution >= 0.6 is 0 Å². The van der Waals surface area contributed by atoms with Crippen LogP contribution in [0.25, 0.3) is 0 Å². The summed E-state index contributed by atoms with van der Waals surface area (Å²) < 4.78 is 0. The molecule has 6 nitrogen and oxygen atoms in total. The van der Waals surface area contributed by atoms with E-state index in [1.807, 2.05) is 0 Å². The Morgan fingerprint density at radius 1 is 0.850 bits per heavy atom. The fourth-order valence-electron chi connectivity index (χ4n) is 1.79. The Kier molecular flexibility index (Phi) is 3.65. The maximum atomic E-state index is 9.76. The number of oxime groups is 1. The normalized spacial score (nSPS) is 11.5. The Morgan fingerprint density at radius 2 is 1.50 bits per heavy atom. The fraction of sp³-hybridized carbons (Fsp3) is 0.0714. The Balaban J connectivity index is 2.34. The molecule has 0 radical (unpaired) electrons. The van der Waals surface area contributed by atoms with Crippen LogP contribution in [0.2, 0.25) is 0 Å². The maximum Gasteiger partial charge on any atom is 0.200 e. The van der Waals surface area contributed by atoms with Crippen LogP contribution in [0, 0.1) is 0 Å². The minimum absolute atomic E-state index is 0.107. The fourth-order valence-corrected chi connectivity index (χ4v) is 1.79. The summed E-state index contributed by atoms with van der Waals surface area (Å²) in [7, 11) is 0. The molecule has 0 heterocycles. The lowest BCUT2D eigenvalue weighted by Crippen LogP contribution is -2.06. The van der Waals surface area contributed by atoms with Crippen LogP contribution in [0.5, 0.6) is 23.0 Å². The zero-order chi connectivity index (χ0) is 14.7. The lowest BCUT2D eigenvalue weighted by Gasteiger charge is -2.09. The number of phenols is 4. The van der Waals surface area contributed by atoms with Crippen molar-refractivity contribution in [1.29, 1.82) is 0 Å². The maximum absolute atomic E-state index is 9.76. The van der Waals surface area contributed by atoms with E-state index in [2.05, 4.69) is 5.16 Å². The second-order valence-corrected chi connectivity index (χ2v) is 4.22. The van der Waals surface area contributed by atoms with E-state index in [0.29, 0.717) is 0 Å². The van der Waals surface area contributed by atoms with Crippen molar-refractivity contribution in [2.24, 2.45) is 5.16 Å². The zero-order valence-corrected chi connectivity index (χ0v) is 10.4. The Bertz CT molecular complexity index is 649. The van der Waals surface area contributed by atoms with Gasteiger partial charge in [-0.15, -0.1) is 0 Å². The summed E-state index contributed by atoms with van der Waals surface area (Å²) >= 11 is 0. The highest BCUT2D eigenvalue weighted by Crippen LogP contribution is 2.37. The number of aromatic hydroxyl groups is 4. The highest BCUT2D eigenvalue weighted by Gasteiger charge is 2.16. The van der Waals surface area contributed by atoms with Crippen molar-refractivity contribution in [1.82, 2.24) is 0 Å². The predicted octanol–water partition coefficient (Wildman–Crippen LogP) is 1.93. The zero-order valence-electron chi connectivity index (χ0n) is 10.4. The summed E-state index contributed by atoms with van der Waals surface area (Å²) in [4.78, 5) is 0. The van der Waals surface area contributed by atoms with E-state index in [0.717, 1.165) is 5.56 Å². The van der Waals surface area contributed by atoms with Crippen LogP contribution < -0.4 is 0 Å². The van der Waals surface area contributed by atoms with E-state index in [-0.39, 0.29) is 23.4 Å². The molecule has 0 aliphatic heterocycles. The van der Waals surface area contributed by atoms with Gasteiger partial charge in [0.1, 0.15) is 5.75 Å². The van der Waals surface area contributed by atoms with Gasteiger partial charge >= 0.3 is 0 Å². The molecule has 0 unspecified atom stereocenters. The molecule has 0 amide bonds. The molecule has 2 aromatic carbocycles. The molecule has 0 saturated carbocycles. The largest absolute Gasteiger partial charge is 0.508 e. The molecular formula is C14H13NO5. The first-order valence-electron chi connectivity index (χ1n) is 5.76. The first kappa shape index (κ1) is 13.5. The van der Waals surface area contributed by atoms with Gasteiger partial charge < -0.3 is 25.6 Å². The molecule has 20 heavy (non-hydrogen) atoms. The van der Waals surface area contributed by atoms with Crippen molar-refractivity contribution in [2.45, 2.75) is 6.42 Å². The van der Waals surface area contributed by atoms with E-state index < -0.39 is 17.2 Å². The monoisotopic (exact) mass is 275 g/mol. The number of benzene rings is 2. The topological polar surface area (TPSA) is 114 Å². The van der Waals surface area contributed by atoms with E-state index in [9.17, 15) is 20.4 Å². The SMILES string of the molecule is O/N=C(/Cc1ccc(O)cc1)c1ccc(O)c(O)c1O. The lowest BCUT2D eigenvalue weighted by atomic mass is 10.0. The number of hydrogen-bond acceptors (Lipinski definition) is 6. The minimum Gasteiger partial charge on any atom is -0.508 e. The van der Waals surface area contributed by atoms with Gasteiger partial charge in [-0.05, 0) is 29.8 Å². The van der Waals surface area contributed by atoms with Gasteiger partial charge in [0.2, 0.25) is 5.75 Å². The summed E-state index contributed by atoms with van der Waals surface area (Å²) in [5.41, 5.74) is 0.960. The van der Waals surface area contributed by atoms with Gasteiger partial charge in [0.05, 0.1) is 5.71 Å². The first-order valence-corrected chi connectivity index (χ1v) is 5.76. The van der Waals surface area contributed by atoms with Crippen molar-refractivity contribution < 1.29 is 25.6 Å². The van der Waals surface area contributed by atoms with E-state index >= 15 is 0 Å². The molecule has 104 valence electrons. The molecule has 2 rings (SSSR count). The van der Waals surface area contributed by atoms with E-state index in [4.69, 9.17) is 5.21 Å². The van der Waals surface area contributed by atoms with Crippen LogP contribution in [0.15, 0.2) is 41.6 Å². The third-order valence-corrected chi connectivity index (χ3v) is 2.87. The summed E-state index contributed by atoms with van der Waals surface area (Å²) in [6.07, 6.45) is 0.175. The van der Waals surface area contributed by atoms with Gasteiger partial charge in [0.25, 0.3) is 0 Å². The molecule has 0 aromatic heterocycles. The second-order valence-electron chi connectivity index (χ2n) is 4.22. The number of hydrogen-bond donors (Lipinski definition) is 5. The van der Waals surface area contributed by atoms with Gasteiger partial charge in [-0.25, -0.2) is 0 Å². The van der Waals surface area contributed by atoms with Gasteiger partial charge in [-0.3, -0.25) is 0 Å². The summed E-state index contributed by atoms with van der Waals surface area (Å²) in [5.74, 6) is -1.58. The third kappa shape index (κ3) is 2.59. The molecule has 0 bridgehead atoms. The third-order valence-electron chi connectivity index (χ3n) is 2.87. The summed E-state index contributed by atoms with van der Waals surface area (Å²) in [5, 5.41) is 49.9. The van der Waals surface area contributed by atoms with Gasteiger partial charge in [0, 0.05) is 12.0 Å². The minimum atomic E-state index is -0.672. The average Bonchev–Trinajstić information content (AvgIpc) is 2.45.